The summed E-state index contributed by atoms with van der Waals surface area (Å²) in [5.74, 6) is 1.10. The van der Waals surface area contributed by atoms with Gasteiger partial charge < -0.3 is 10.6 Å². The molecule has 1 saturated carbocycles. The third kappa shape index (κ3) is 4.65. The normalized spacial score (nSPS) is 21.2. The number of halogens is 2. The fourth-order valence-electron chi connectivity index (χ4n) is 4.07. The van der Waals surface area contributed by atoms with Gasteiger partial charge in [0.1, 0.15) is 0 Å². The zero-order valence-corrected chi connectivity index (χ0v) is 15.7. The molecule has 0 spiro atoms. The van der Waals surface area contributed by atoms with Gasteiger partial charge in [0, 0.05) is 18.1 Å². The average molecular weight is 371 g/mol. The smallest absolute Gasteiger partial charge is 0.239 e. The maximum atomic E-state index is 12.7. The lowest BCUT2D eigenvalue weighted by molar-refractivity contribution is -0.135. The van der Waals surface area contributed by atoms with E-state index in [2.05, 4.69) is 12.1 Å². The average Bonchev–Trinajstić information content (AvgIpc) is 2.62. The number of amides is 1. The van der Waals surface area contributed by atoms with Crippen LogP contribution in [0, 0.1) is 5.92 Å². The molecule has 2 N–H and O–H groups in total. The SMILES string of the molecule is Cl.N[C@@H](C(=O)N1CCC(c2ccc(Cl)cc2)CC1)C1CCCCC1. The van der Waals surface area contributed by atoms with Gasteiger partial charge in [-0.2, -0.15) is 0 Å². The fraction of sp³-hybridized carbons (Fsp3) is 0.632. The molecule has 1 aliphatic heterocycles. The predicted octanol–water partition coefficient (Wildman–Crippen LogP) is 4.38. The van der Waals surface area contributed by atoms with Crippen LogP contribution in [0.25, 0.3) is 0 Å². The molecule has 3 rings (SSSR count). The molecular formula is C19H28Cl2N2O. The van der Waals surface area contributed by atoms with Crippen molar-refractivity contribution in [1.82, 2.24) is 4.90 Å². The van der Waals surface area contributed by atoms with E-state index in [9.17, 15) is 4.79 Å². The van der Waals surface area contributed by atoms with Crippen molar-refractivity contribution in [3.8, 4) is 0 Å². The molecule has 1 saturated heterocycles. The molecule has 5 heteroatoms. The summed E-state index contributed by atoms with van der Waals surface area (Å²) in [4.78, 5) is 14.7. The molecule has 134 valence electrons. The van der Waals surface area contributed by atoms with Gasteiger partial charge in [0.2, 0.25) is 5.91 Å². The monoisotopic (exact) mass is 370 g/mol. The van der Waals surface area contributed by atoms with Crippen molar-refractivity contribution >= 4 is 29.9 Å². The lowest BCUT2D eigenvalue weighted by atomic mass is 9.83. The first-order chi connectivity index (χ1) is 11.1. The van der Waals surface area contributed by atoms with Crippen molar-refractivity contribution in [1.29, 1.82) is 0 Å². The van der Waals surface area contributed by atoms with Crippen molar-refractivity contribution < 1.29 is 4.79 Å². The number of carbonyl (C=O) groups is 1. The second-order valence-electron chi connectivity index (χ2n) is 7.07. The summed E-state index contributed by atoms with van der Waals surface area (Å²) in [5, 5.41) is 0.778. The first-order valence-electron chi connectivity index (χ1n) is 8.95. The molecule has 2 aliphatic rings. The molecule has 1 amide bonds. The highest BCUT2D eigenvalue weighted by molar-refractivity contribution is 6.30. The third-order valence-electron chi connectivity index (χ3n) is 5.59. The molecule has 0 aromatic heterocycles. The summed E-state index contributed by atoms with van der Waals surface area (Å²) in [6, 6.07) is 7.83. The number of hydrogen-bond acceptors (Lipinski definition) is 2. The second-order valence-corrected chi connectivity index (χ2v) is 7.51. The van der Waals surface area contributed by atoms with E-state index in [4.69, 9.17) is 17.3 Å². The number of carbonyl (C=O) groups excluding carboxylic acids is 1. The molecule has 3 nitrogen and oxygen atoms in total. The van der Waals surface area contributed by atoms with Gasteiger partial charge in [-0.1, -0.05) is 43.0 Å². The fourth-order valence-corrected chi connectivity index (χ4v) is 4.20. The van der Waals surface area contributed by atoms with Crippen molar-refractivity contribution in [3.63, 3.8) is 0 Å². The first kappa shape index (κ1) is 19.6. The summed E-state index contributed by atoms with van der Waals surface area (Å²) in [6.45, 7) is 1.65. The standard InChI is InChI=1S/C19H27ClN2O.ClH/c20-17-8-6-14(7-9-17)15-10-12-22(13-11-15)19(23)18(21)16-4-2-1-3-5-16;/h6-9,15-16,18H,1-5,10-13,21H2;1H/t18-;/m1./s1. The highest BCUT2D eigenvalue weighted by Gasteiger charge is 2.31. The Morgan fingerprint density at radius 1 is 1.04 bits per heavy atom. The van der Waals surface area contributed by atoms with Gasteiger partial charge >= 0.3 is 0 Å². The Balaban J connectivity index is 0.00000208. The van der Waals surface area contributed by atoms with Crippen molar-refractivity contribution in [2.45, 2.75) is 56.9 Å². The number of piperidine rings is 1. The minimum absolute atomic E-state index is 0. The zero-order chi connectivity index (χ0) is 16.2. The maximum Gasteiger partial charge on any atom is 0.239 e. The highest BCUT2D eigenvalue weighted by atomic mass is 35.5. The predicted molar refractivity (Wildman–Crippen MR) is 102 cm³/mol. The van der Waals surface area contributed by atoms with Crippen LogP contribution in [0.15, 0.2) is 24.3 Å². The number of nitrogens with two attached hydrogens (primary N) is 1. The molecule has 1 atom stereocenters. The van der Waals surface area contributed by atoms with Crippen LogP contribution >= 0.6 is 24.0 Å². The lowest BCUT2D eigenvalue weighted by Crippen LogP contribution is -2.50. The summed E-state index contributed by atoms with van der Waals surface area (Å²) < 4.78 is 0. The van der Waals surface area contributed by atoms with Gasteiger partial charge in [0.25, 0.3) is 0 Å². The molecule has 1 aromatic carbocycles. The molecular weight excluding hydrogens is 343 g/mol. The van der Waals surface area contributed by atoms with Crippen LogP contribution in [0.5, 0.6) is 0 Å². The van der Waals surface area contributed by atoms with Crippen LogP contribution in [0.3, 0.4) is 0 Å². The summed E-state index contributed by atoms with van der Waals surface area (Å²) >= 11 is 5.96. The molecule has 1 heterocycles. The van der Waals surface area contributed by atoms with E-state index in [1.54, 1.807) is 0 Å². The molecule has 2 fully saturated rings. The Hall–Kier alpha value is -0.770. The topological polar surface area (TPSA) is 46.3 Å². The van der Waals surface area contributed by atoms with E-state index < -0.39 is 0 Å². The third-order valence-corrected chi connectivity index (χ3v) is 5.84. The number of rotatable bonds is 3. The van der Waals surface area contributed by atoms with Gasteiger partial charge in [-0.05, 0) is 55.2 Å². The Kier molecular flexibility index (Phi) is 7.39. The Morgan fingerprint density at radius 3 is 2.21 bits per heavy atom. The van der Waals surface area contributed by atoms with Gasteiger partial charge in [0.05, 0.1) is 6.04 Å². The number of benzene rings is 1. The molecule has 0 bridgehead atoms. The van der Waals surface area contributed by atoms with E-state index in [1.165, 1.54) is 24.8 Å². The Morgan fingerprint density at radius 2 is 1.62 bits per heavy atom. The molecule has 1 aliphatic carbocycles. The van der Waals surface area contributed by atoms with E-state index in [0.717, 1.165) is 43.8 Å². The van der Waals surface area contributed by atoms with Crippen LogP contribution in [-0.2, 0) is 4.79 Å². The van der Waals surface area contributed by atoms with Gasteiger partial charge in [0.15, 0.2) is 0 Å². The van der Waals surface area contributed by atoms with Crippen LogP contribution in [0.4, 0.5) is 0 Å². The van der Waals surface area contributed by atoms with Crippen molar-refractivity contribution in [2.75, 3.05) is 13.1 Å². The summed E-state index contributed by atoms with van der Waals surface area (Å²) in [6.07, 6.45) is 8.02. The summed E-state index contributed by atoms with van der Waals surface area (Å²) in [5.41, 5.74) is 7.61. The lowest BCUT2D eigenvalue weighted by Gasteiger charge is -2.36. The van der Waals surface area contributed by atoms with Crippen molar-refractivity contribution in [3.05, 3.63) is 34.9 Å². The number of likely N-dealkylation sites (tertiary alicyclic amines) is 1. The minimum atomic E-state index is -0.289. The van der Waals surface area contributed by atoms with E-state index in [-0.39, 0.29) is 24.4 Å². The van der Waals surface area contributed by atoms with E-state index in [1.807, 2.05) is 17.0 Å². The molecule has 24 heavy (non-hydrogen) atoms. The van der Waals surface area contributed by atoms with Crippen LogP contribution in [0.2, 0.25) is 5.02 Å². The van der Waals surface area contributed by atoms with E-state index in [0.29, 0.717) is 11.8 Å². The van der Waals surface area contributed by atoms with Crippen LogP contribution in [0.1, 0.15) is 56.4 Å². The van der Waals surface area contributed by atoms with E-state index >= 15 is 0 Å². The molecule has 0 radical (unpaired) electrons. The highest BCUT2D eigenvalue weighted by Crippen LogP contribution is 2.31. The minimum Gasteiger partial charge on any atom is -0.341 e. The van der Waals surface area contributed by atoms with Crippen LogP contribution < -0.4 is 5.73 Å². The van der Waals surface area contributed by atoms with Crippen LogP contribution in [-0.4, -0.2) is 29.9 Å². The quantitative estimate of drug-likeness (QED) is 0.857. The van der Waals surface area contributed by atoms with Crippen molar-refractivity contribution in [2.24, 2.45) is 11.7 Å². The molecule has 1 aromatic rings. The van der Waals surface area contributed by atoms with Gasteiger partial charge in [-0.3, -0.25) is 4.79 Å². The van der Waals surface area contributed by atoms with Gasteiger partial charge in [-0.25, -0.2) is 0 Å². The Bertz CT molecular complexity index is 521. The number of hydrogen-bond donors (Lipinski definition) is 1. The van der Waals surface area contributed by atoms with Gasteiger partial charge in [-0.15, -0.1) is 12.4 Å². The Labute approximate surface area is 156 Å². The summed E-state index contributed by atoms with van der Waals surface area (Å²) in [7, 11) is 0. The second kappa shape index (κ2) is 9.07. The maximum absolute atomic E-state index is 12.7. The molecule has 0 unspecified atom stereocenters. The number of nitrogens with zero attached hydrogens (tertiary/aromatic N) is 1. The first-order valence-corrected chi connectivity index (χ1v) is 9.33. The largest absolute Gasteiger partial charge is 0.341 e. The zero-order valence-electron chi connectivity index (χ0n) is 14.1.